The predicted molar refractivity (Wildman–Crippen MR) is 87.9 cm³/mol. The Morgan fingerprint density at radius 2 is 2.09 bits per heavy atom. The summed E-state index contributed by atoms with van der Waals surface area (Å²) < 4.78 is 10.2. The number of hydrogen-bond acceptors (Lipinski definition) is 5. The first-order valence-electron chi connectivity index (χ1n) is 7.14. The number of benzene rings is 1. The van der Waals surface area contributed by atoms with Gasteiger partial charge in [-0.05, 0) is 37.0 Å². The third-order valence-corrected chi connectivity index (χ3v) is 4.95. The predicted octanol–water partition coefficient (Wildman–Crippen LogP) is 3.78. The second kappa shape index (κ2) is 6.32. The molecule has 1 heterocycles. The van der Waals surface area contributed by atoms with Gasteiger partial charge in [0.2, 0.25) is 0 Å². The zero-order valence-corrected chi connectivity index (χ0v) is 13.4. The molecule has 0 spiro atoms. The van der Waals surface area contributed by atoms with Crippen molar-refractivity contribution in [2.75, 3.05) is 14.2 Å². The fourth-order valence-corrected chi connectivity index (χ4v) is 3.92. The van der Waals surface area contributed by atoms with Gasteiger partial charge in [-0.25, -0.2) is 9.79 Å². The molecule has 0 aliphatic heterocycles. The van der Waals surface area contributed by atoms with Crippen LogP contribution in [0.3, 0.4) is 0 Å². The molecule has 2 aromatic rings. The highest BCUT2D eigenvalue weighted by molar-refractivity contribution is 7.16. The quantitative estimate of drug-likeness (QED) is 0.637. The van der Waals surface area contributed by atoms with E-state index in [1.165, 1.54) is 12.0 Å². The molecule has 4 nitrogen and oxygen atoms in total. The van der Waals surface area contributed by atoms with Gasteiger partial charge in [-0.3, -0.25) is 0 Å². The Labute approximate surface area is 133 Å². The molecule has 0 radical (unpaired) electrons. The Bertz CT molecular complexity index is 734. The lowest BCUT2D eigenvalue weighted by atomic mass is 10.1. The van der Waals surface area contributed by atoms with Gasteiger partial charge < -0.3 is 9.47 Å². The minimum atomic E-state index is -0.299. The average molecular weight is 315 g/mol. The van der Waals surface area contributed by atoms with E-state index in [-0.39, 0.29) is 5.97 Å². The molecule has 22 heavy (non-hydrogen) atoms. The van der Waals surface area contributed by atoms with Crippen molar-refractivity contribution in [3.05, 3.63) is 45.8 Å². The lowest BCUT2D eigenvalue weighted by molar-refractivity contribution is 0.0601. The van der Waals surface area contributed by atoms with Crippen LogP contribution in [0.1, 0.15) is 32.8 Å². The van der Waals surface area contributed by atoms with Gasteiger partial charge in [0.05, 0.1) is 19.8 Å². The van der Waals surface area contributed by atoms with Crippen LogP contribution < -0.4 is 4.74 Å². The second-order valence-corrected chi connectivity index (χ2v) is 6.11. The van der Waals surface area contributed by atoms with E-state index in [0.717, 1.165) is 41.1 Å². The molecule has 0 N–H and O–H groups in total. The molecule has 1 aliphatic carbocycles. The highest BCUT2D eigenvalue weighted by Crippen LogP contribution is 2.41. The van der Waals surface area contributed by atoms with Gasteiger partial charge in [-0.1, -0.05) is 12.1 Å². The number of carbonyl (C=O) groups excluding carboxylic acids is 1. The number of para-hydroxylation sites is 1. The number of rotatable bonds is 4. The van der Waals surface area contributed by atoms with Crippen LogP contribution in [0.2, 0.25) is 0 Å². The van der Waals surface area contributed by atoms with Gasteiger partial charge in [0.25, 0.3) is 0 Å². The van der Waals surface area contributed by atoms with Crippen molar-refractivity contribution in [3.8, 4) is 5.75 Å². The molecule has 1 aromatic heterocycles. The topological polar surface area (TPSA) is 47.9 Å². The summed E-state index contributed by atoms with van der Waals surface area (Å²) in [7, 11) is 3.04. The summed E-state index contributed by atoms with van der Waals surface area (Å²) in [6.07, 6.45) is 4.79. The highest BCUT2D eigenvalue weighted by Gasteiger charge is 2.26. The first-order chi connectivity index (χ1) is 10.7. The van der Waals surface area contributed by atoms with Crippen LogP contribution >= 0.6 is 11.3 Å². The maximum atomic E-state index is 12.1. The van der Waals surface area contributed by atoms with Crippen LogP contribution in [-0.2, 0) is 17.6 Å². The summed E-state index contributed by atoms with van der Waals surface area (Å²) in [5.74, 6) is 0.460. The molecule has 0 saturated carbocycles. The third-order valence-electron chi connectivity index (χ3n) is 3.75. The molecule has 1 aliphatic rings. The lowest BCUT2D eigenvalue weighted by Gasteiger charge is -2.03. The minimum absolute atomic E-state index is 0.299. The smallest absolute Gasteiger partial charge is 0.341 e. The summed E-state index contributed by atoms with van der Waals surface area (Å²) >= 11 is 1.59. The van der Waals surface area contributed by atoms with E-state index in [1.807, 2.05) is 24.3 Å². The van der Waals surface area contributed by atoms with E-state index in [1.54, 1.807) is 24.7 Å². The monoisotopic (exact) mass is 315 g/mol. The second-order valence-electron chi connectivity index (χ2n) is 5.03. The Morgan fingerprint density at radius 3 is 2.86 bits per heavy atom. The molecule has 1 aromatic carbocycles. The van der Waals surface area contributed by atoms with Gasteiger partial charge in [-0.2, -0.15) is 0 Å². The fraction of sp³-hybridized carbons (Fsp3) is 0.294. The largest absolute Gasteiger partial charge is 0.496 e. The van der Waals surface area contributed by atoms with Crippen LogP contribution in [-0.4, -0.2) is 26.4 Å². The van der Waals surface area contributed by atoms with E-state index < -0.39 is 0 Å². The number of ether oxygens (including phenoxy) is 2. The molecule has 0 amide bonds. The molecule has 0 bridgehead atoms. The maximum Gasteiger partial charge on any atom is 0.341 e. The van der Waals surface area contributed by atoms with Crippen molar-refractivity contribution in [3.63, 3.8) is 0 Å². The summed E-state index contributed by atoms with van der Waals surface area (Å²) in [5, 5.41) is 0.724. The number of methoxy groups -OCH3 is 2. The molecule has 0 atom stereocenters. The molecule has 114 valence electrons. The Morgan fingerprint density at radius 1 is 1.27 bits per heavy atom. The van der Waals surface area contributed by atoms with Gasteiger partial charge in [-0.15, -0.1) is 11.3 Å². The average Bonchev–Trinajstić information content (AvgIpc) is 3.12. The van der Waals surface area contributed by atoms with Gasteiger partial charge >= 0.3 is 5.97 Å². The minimum Gasteiger partial charge on any atom is -0.496 e. The number of aliphatic imine (C=N–C) groups is 1. The Balaban J connectivity index is 1.99. The number of thiophene rings is 1. The van der Waals surface area contributed by atoms with Crippen molar-refractivity contribution < 1.29 is 14.3 Å². The highest BCUT2D eigenvalue weighted by atomic mass is 32.1. The summed E-state index contributed by atoms with van der Waals surface area (Å²) in [6, 6.07) is 7.66. The Hall–Kier alpha value is -2.14. The van der Waals surface area contributed by atoms with Gasteiger partial charge in [0.15, 0.2) is 0 Å². The van der Waals surface area contributed by atoms with E-state index in [9.17, 15) is 4.79 Å². The summed E-state index contributed by atoms with van der Waals surface area (Å²) in [4.78, 5) is 17.9. The van der Waals surface area contributed by atoms with Crippen LogP contribution in [0.15, 0.2) is 29.3 Å². The first kappa shape index (κ1) is 14.8. The van der Waals surface area contributed by atoms with Crippen molar-refractivity contribution in [1.29, 1.82) is 0 Å². The number of hydrogen-bond donors (Lipinski definition) is 0. The van der Waals surface area contributed by atoms with E-state index in [0.29, 0.717) is 5.56 Å². The lowest BCUT2D eigenvalue weighted by Crippen LogP contribution is -2.03. The van der Waals surface area contributed by atoms with Crippen LogP contribution in [0.5, 0.6) is 5.75 Å². The van der Waals surface area contributed by atoms with Crippen molar-refractivity contribution in [2.24, 2.45) is 4.99 Å². The fourth-order valence-electron chi connectivity index (χ4n) is 2.69. The van der Waals surface area contributed by atoms with E-state index >= 15 is 0 Å². The van der Waals surface area contributed by atoms with E-state index in [4.69, 9.17) is 9.47 Å². The van der Waals surface area contributed by atoms with Crippen LogP contribution in [0.25, 0.3) is 0 Å². The maximum absolute atomic E-state index is 12.1. The molecule has 0 unspecified atom stereocenters. The van der Waals surface area contributed by atoms with Crippen LogP contribution in [0.4, 0.5) is 5.00 Å². The van der Waals surface area contributed by atoms with Crippen molar-refractivity contribution >= 4 is 28.5 Å². The van der Waals surface area contributed by atoms with Crippen molar-refractivity contribution in [2.45, 2.75) is 19.3 Å². The molecule has 3 rings (SSSR count). The first-order valence-corrected chi connectivity index (χ1v) is 7.96. The SMILES string of the molecule is COC(=O)c1c(N=Cc2ccccc2OC)sc2c1CCC2. The number of aryl methyl sites for hydroxylation is 1. The molecular formula is C17H17NO3S. The molecule has 0 saturated heterocycles. The number of esters is 1. The molecular weight excluding hydrogens is 298 g/mol. The number of carbonyl (C=O) groups is 1. The zero-order chi connectivity index (χ0) is 15.5. The third kappa shape index (κ3) is 2.64. The number of nitrogens with zero attached hydrogens (tertiary/aromatic N) is 1. The van der Waals surface area contributed by atoms with Gasteiger partial charge in [0.1, 0.15) is 10.8 Å². The van der Waals surface area contributed by atoms with Crippen molar-refractivity contribution in [1.82, 2.24) is 0 Å². The van der Waals surface area contributed by atoms with Gasteiger partial charge in [0, 0.05) is 16.7 Å². The Kier molecular flexibility index (Phi) is 4.24. The molecule has 5 heteroatoms. The standard InChI is InChI=1S/C17H17NO3S/c1-20-13-8-4-3-6-11(13)10-18-16-15(17(19)21-2)12-7-5-9-14(12)22-16/h3-4,6,8,10H,5,7,9H2,1-2H3. The summed E-state index contributed by atoms with van der Waals surface area (Å²) in [5.41, 5.74) is 2.63. The van der Waals surface area contributed by atoms with E-state index in [2.05, 4.69) is 4.99 Å². The zero-order valence-electron chi connectivity index (χ0n) is 12.6. The summed E-state index contributed by atoms with van der Waals surface area (Å²) in [6.45, 7) is 0. The number of fused-ring (bicyclic) bond motifs is 1. The van der Waals surface area contributed by atoms with Crippen LogP contribution in [0, 0.1) is 0 Å². The molecule has 0 fully saturated rings. The normalized spacial score (nSPS) is 13.4.